The van der Waals surface area contributed by atoms with Gasteiger partial charge in [0.2, 0.25) is 5.91 Å². The van der Waals surface area contributed by atoms with Crippen molar-refractivity contribution in [1.82, 2.24) is 5.32 Å². The SMILES string of the molecule is CNC(=O)C1CN(C(=O)CC(c2ccccc2)c2ccccc2)c2ccccc2O1. The number of fused-ring (bicyclic) bond motifs is 1. The van der Waals surface area contributed by atoms with Crippen molar-refractivity contribution < 1.29 is 14.3 Å². The number of ether oxygens (including phenoxy) is 1. The van der Waals surface area contributed by atoms with Crippen molar-refractivity contribution in [2.45, 2.75) is 18.4 Å². The maximum Gasteiger partial charge on any atom is 0.262 e. The molecular formula is C25H24N2O3. The van der Waals surface area contributed by atoms with Crippen molar-refractivity contribution in [3.8, 4) is 5.75 Å². The number of likely N-dealkylation sites (N-methyl/N-ethyl adjacent to an activating group) is 1. The van der Waals surface area contributed by atoms with Crippen molar-refractivity contribution in [3.63, 3.8) is 0 Å². The molecule has 1 unspecified atom stereocenters. The van der Waals surface area contributed by atoms with Crippen LogP contribution < -0.4 is 15.0 Å². The molecule has 152 valence electrons. The van der Waals surface area contributed by atoms with Crippen LogP contribution in [0.25, 0.3) is 0 Å². The second kappa shape index (κ2) is 8.82. The number of amides is 2. The Labute approximate surface area is 176 Å². The highest BCUT2D eigenvalue weighted by atomic mass is 16.5. The van der Waals surface area contributed by atoms with Gasteiger partial charge in [0.15, 0.2) is 6.10 Å². The minimum absolute atomic E-state index is 0.0441. The van der Waals surface area contributed by atoms with Crippen molar-refractivity contribution in [2.75, 3.05) is 18.5 Å². The molecule has 0 saturated heterocycles. The number of carbonyl (C=O) groups excluding carboxylic acids is 2. The van der Waals surface area contributed by atoms with Crippen LogP contribution in [0.3, 0.4) is 0 Å². The molecule has 0 saturated carbocycles. The Morgan fingerprint density at radius 2 is 1.50 bits per heavy atom. The van der Waals surface area contributed by atoms with Gasteiger partial charge in [0.05, 0.1) is 12.2 Å². The number of hydrogen-bond acceptors (Lipinski definition) is 3. The van der Waals surface area contributed by atoms with E-state index in [2.05, 4.69) is 5.32 Å². The molecule has 0 radical (unpaired) electrons. The highest BCUT2D eigenvalue weighted by Gasteiger charge is 2.34. The monoisotopic (exact) mass is 400 g/mol. The summed E-state index contributed by atoms with van der Waals surface area (Å²) in [6, 6.07) is 27.4. The van der Waals surface area contributed by atoms with Gasteiger partial charge in [-0.15, -0.1) is 0 Å². The molecule has 5 nitrogen and oxygen atoms in total. The van der Waals surface area contributed by atoms with Crippen molar-refractivity contribution >= 4 is 17.5 Å². The molecule has 1 heterocycles. The summed E-state index contributed by atoms with van der Waals surface area (Å²) >= 11 is 0. The van der Waals surface area contributed by atoms with E-state index in [9.17, 15) is 9.59 Å². The average molecular weight is 400 g/mol. The van der Waals surface area contributed by atoms with E-state index in [1.807, 2.05) is 78.9 Å². The van der Waals surface area contributed by atoms with Gasteiger partial charge in [0.1, 0.15) is 5.75 Å². The van der Waals surface area contributed by atoms with Crippen LogP contribution in [0.15, 0.2) is 84.9 Å². The largest absolute Gasteiger partial charge is 0.477 e. The first kappa shape index (κ1) is 19.7. The maximum absolute atomic E-state index is 13.5. The van der Waals surface area contributed by atoms with E-state index in [4.69, 9.17) is 4.74 Å². The maximum atomic E-state index is 13.5. The average Bonchev–Trinajstić information content (AvgIpc) is 2.82. The molecule has 3 aromatic carbocycles. The van der Waals surface area contributed by atoms with Gasteiger partial charge in [-0.1, -0.05) is 72.8 Å². The van der Waals surface area contributed by atoms with Crippen LogP contribution in [-0.4, -0.2) is 31.5 Å². The van der Waals surface area contributed by atoms with Crippen LogP contribution in [0.5, 0.6) is 5.75 Å². The van der Waals surface area contributed by atoms with E-state index in [1.54, 1.807) is 18.0 Å². The molecular weight excluding hydrogens is 376 g/mol. The predicted octanol–water partition coefficient (Wildman–Crippen LogP) is 3.75. The number of rotatable bonds is 5. The summed E-state index contributed by atoms with van der Waals surface area (Å²) in [6.07, 6.45) is -0.441. The molecule has 1 aliphatic rings. The number of nitrogens with one attached hydrogen (secondary N) is 1. The zero-order valence-corrected chi connectivity index (χ0v) is 16.8. The summed E-state index contributed by atoms with van der Waals surface area (Å²) in [5.41, 5.74) is 2.87. The van der Waals surface area contributed by atoms with Gasteiger partial charge < -0.3 is 15.0 Å². The van der Waals surface area contributed by atoms with Crippen LogP contribution in [0, 0.1) is 0 Å². The Hall–Kier alpha value is -3.60. The van der Waals surface area contributed by atoms with Crippen LogP contribution in [0.2, 0.25) is 0 Å². The molecule has 2 amide bonds. The Bertz CT molecular complexity index is 981. The number of carbonyl (C=O) groups is 2. The van der Waals surface area contributed by atoms with Crippen LogP contribution in [0.1, 0.15) is 23.5 Å². The van der Waals surface area contributed by atoms with Gasteiger partial charge in [-0.05, 0) is 23.3 Å². The second-order valence-electron chi connectivity index (χ2n) is 7.27. The standard InChI is InChI=1S/C25H24N2O3/c1-26-25(29)23-17-27(21-14-8-9-15-22(21)30-23)24(28)16-20(18-10-4-2-5-11-18)19-12-6-3-7-13-19/h2-15,20,23H,16-17H2,1H3,(H,26,29). The van der Waals surface area contributed by atoms with Gasteiger partial charge in [-0.2, -0.15) is 0 Å². The molecule has 4 rings (SSSR count). The van der Waals surface area contributed by atoms with Crippen LogP contribution in [-0.2, 0) is 9.59 Å². The zero-order chi connectivity index (χ0) is 20.9. The van der Waals surface area contributed by atoms with Crippen molar-refractivity contribution in [1.29, 1.82) is 0 Å². The molecule has 0 spiro atoms. The van der Waals surface area contributed by atoms with Gasteiger partial charge in [0.25, 0.3) is 5.91 Å². The predicted molar refractivity (Wildman–Crippen MR) is 117 cm³/mol. The minimum atomic E-state index is -0.735. The highest BCUT2D eigenvalue weighted by molar-refractivity contribution is 5.97. The van der Waals surface area contributed by atoms with Gasteiger partial charge in [-0.25, -0.2) is 0 Å². The van der Waals surface area contributed by atoms with E-state index in [0.717, 1.165) is 11.1 Å². The fourth-order valence-corrected chi connectivity index (χ4v) is 3.85. The number of nitrogens with zero attached hydrogens (tertiary/aromatic N) is 1. The third kappa shape index (κ3) is 4.06. The Kier molecular flexibility index (Phi) is 5.80. The Morgan fingerprint density at radius 1 is 0.933 bits per heavy atom. The second-order valence-corrected chi connectivity index (χ2v) is 7.27. The summed E-state index contributed by atoms with van der Waals surface area (Å²) in [6.45, 7) is 0.186. The quantitative estimate of drug-likeness (QED) is 0.710. The summed E-state index contributed by atoms with van der Waals surface area (Å²) in [5.74, 6) is 0.178. The molecule has 1 aliphatic heterocycles. The third-order valence-corrected chi connectivity index (χ3v) is 5.40. The zero-order valence-electron chi connectivity index (χ0n) is 16.8. The Balaban J connectivity index is 1.66. The lowest BCUT2D eigenvalue weighted by Gasteiger charge is -2.34. The van der Waals surface area contributed by atoms with Crippen LogP contribution >= 0.6 is 0 Å². The first-order valence-corrected chi connectivity index (χ1v) is 10.0. The lowest BCUT2D eigenvalue weighted by molar-refractivity contribution is -0.128. The number of benzene rings is 3. The van der Waals surface area contributed by atoms with E-state index in [1.165, 1.54) is 0 Å². The third-order valence-electron chi connectivity index (χ3n) is 5.40. The molecule has 0 aromatic heterocycles. The lowest BCUT2D eigenvalue weighted by atomic mass is 9.88. The van der Waals surface area contributed by atoms with E-state index in [-0.39, 0.29) is 24.3 Å². The molecule has 5 heteroatoms. The number of anilines is 1. The van der Waals surface area contributed by atoms with E-state index >= 15 is 0 Å². The molecule has 0 aliphatic carbocycles. The summed E-state index contributed by atoms with van der Waals surface area (Å²) in [4.78, 5) is 27.4. The van der Waals surface area contributed by atoms with E-state index < -0.39 is 6.10 Å². The molecule has 3 aromatic rings. The first-order valence-electron chi connectivity index (χ1n) is 10.0. The molecule has 1 N–H and O–H groups in total. The smallest absolute Gasteiger partial charge is 0.262 e. The topological polar surface area (TPSA) is 58.6 Å². The summed E-state index contributed by atoms with van der Waals surface area (Å²) < 4.78 is 5.83. The van der Waals surface area contributed by atoms with Gasteiger partial charge in [0, 0.05) is 19.4 Å². The molecule has 0 bridgehead atoms. The molecule has 0 fully saturated rings. The molecule has 30 heavy (non-hydrogen) atoms. The van der Waals surface area contributed by atoms with Crippen LogP contribution in [0.4, 0.5) is 5.69 Å². The normalized spacial score (nSPS) is 15.3. The molecule has 1 atom stereocenters. The number of hydrogen-bond donors (Lipinski definition) is 1. The highest BCUT2D eigenvalue weighted by Crippen LogP contribution is 2.36. The van der Waals surface area contributed by atoms with E-state index in [0.29, 0.717) is 17.9 Å². The fourth-order valence-electron chi connectivity index (χ4n) is 3.85. The van der Waals surface area contributed by atoms with Gasteiger partial charge >= 0.3 is 0 Å². The number of para-hydroxylation sites is 2. The Morgan fingerprint density at radius 3 is 2.10 bits per heavy atom. The van der Waals surface area contributed by atoms with Crippen molar-refractivity contribution in [2.24, 2.45) is 0 Å². The lowest BCUT2D eigenvalue weighted by Crippen LogP contribution is -2.50. The summed E-state index contributed by atoms with van der Waals surface area (Å²) in [5, 5.41) is 2.62. The fraction of sp³-hybridized carbons (Fsp3) is 0.200. The van der Waals surface area contributed by atoms with Gasteiger partial charge in [-0.3, -0.25) is 9.59 Å². The minimum Gasteiger partial charge on any atom is -0.477 e. The first-order chi connectivity index (χ1) is 14.7. The van der Waals surface area contributed by atoms with Crippen molar-refractivity contribution in [3.05, 3.63) is 96.1 Å². The summed E-state index contributed by atoms with van der Waals surface area (Å²) in [7, 11) is 1.57.